The van der Waals surface area contributed by atoms with E-state index in [4.69, 9.17) is 32.3 Å². The smallest absolute Gasteiger partial charge is 0.463 e. The number of allylic oxidation sites excluding steroid dienone is 32. The predicted octanol–water partition coefficient (Wildman–Crippen LogP) is 22.0. The van der Waals surface area contributed by atoms with E-state index in [0.29, 0.717) is 25.7 Å². The maximum atomic E-state index is 12.9. The van der Waals surface area contributed by atoms with Gasteiger partial charge in [0.15, 0.2) is 6.10 Å². The molecule has 0 aromatic rings. The first-order valence-electron chi connectivity index (χ1n) is 37.7. The summed E-state index contributed by atoms with van der Waals surface area (Å²) in [4.78, 5) is 58.5. The second-order valence-electron chi connectivity index (χ2n) is 24.3. The summed E-state index contributed by atoms with van der Waals surface area (Å²) >= 11 is 0. The van der Waals surface area contributed by atoms with E-state index in [-0.39, 0.29) is 19.3 Å². The highest BCUT2D eigenvalue weighted by Crippen LogP contribution is 2.45. The van der Waals surface area contributed by atoms with Gasteiger partial charge in [-0.1, -0.05) is 279 Å². The zero-order chi connectivity index (χ0) is 73.7. The summed E-state index contributed by atoms with van der Waals surface area (Å²) in [5.74, 6) is -1.72. The lowest BCUT2D eigenvalue weighted by Crippen LogP contribution is -2.30. The minimum Gasteiger partial charge on any atom is -0.463 e. The SMILES string of the molecule is CC/C=C\C/C=C\C/C=C\C/C=C\C/C=C\C/C=C\CCCCCCCCCCCCC(=O)OCC(O)COP(=O)(O)OCC(O)COP(=O)(O)OCC(COC(=O)CC/C=C\C/C=C\C/C=C\C/C=C\C/C=C\C/C=C\CC)OC(=O)CCCCCC/C=C\C/C=C\C/C=C\C/C=C\CC. The van der Waals surface area contributed by atoms with Crippen LogP contribution in [0, 0.1) is 0 Å². The van der Waals surface area contributed by atoms with Crippen LogP contribution in [0.15, 0.2) is 194 Å². The molecule has 0 aromatic carbocycles. The van der Waals surface area contributed by atoms with Crippen LogP contribution in [0.25, 0.3) is 0 Å². The Labute approximate surface area is 610 Å². The van der Waals surface area contributed by atoms with Crippen LogP contribution in [0.1, 0.15) is 252 Å². The average molecular weight is 1450 g/mol. The van der Waals surface area contributed by atoms with Gasteiger partial charge in [0, 0.05) is 19.3 Å². The first-order valence-corrected chi connectivity index (χ1v) is 40.7. The number of phosphoric ester groups is 2. The van der Waals surface area contributed by atoms with Crippen molar-refractivity contribution in [3.63, 3.8) is 0 Å². The molecule has 570 valence electrons. The van der Waals surface area contributed by atoms with Crippen molar-refractivity contribution < 1.29 is 75.8 Å². The van der Waals surface area contributed by atoms with Crippen molar-refractivity contribution in [2.45, 2.75) is 270 Å². The molecule has 0 aromatic heterocycles. The van der Waals surface area contributed by atoms with Crippen molar-refractivity contribution in [3.8, 4) is 0 Å². The molecule has 16 nitrogen and oxygen atoms in total. The number of phosphoric acid groups is 2. The van der Waals surface area contributed by atoms with Crippen molar-refractivity contribution in [1.82, 2.24) is 0 Å². The molecule has 5 unspecified atom stereocenters. The Hall–Kier alpha value is -5.61. The molecule has 18 heteroatoms. The van der Waals surface area contributed by atoms with Crippen molar-refractivity contribution in [2.24, 2.45) is 0 Å². The van der Waals surface area contributed by atoms with E-state index in [1.807, 2.05) is 18.2 Å². The third-order valence-electron chi connectivity index (χ3n) is 14.8. The summed E-state index contributed by atoms with van der Waals surface area (Å²) in [6.07, 6.45) is 96.4. The zero-order valence-electron chi connectivity index (χ0n) is 62.0. The molecule has 0 heterocycles. The molecule has 0 rings (SSSR count). The number of aliphatic hydroxyl groups is 2. The van der Waals surface area contributed by atoms with E-state index in [1.54, 1.807) is 0 Å². The van der Waals surface area contributed by atoms with Gasteiger partial charge >= 0.3 is 33.6 Å². The fourth-order valence-corrected chi connectivity index (χ4v) is 10.8. The standard InChI is InChI=1S/C83H132O16P2/c1-4-7-10-13-16-19-22-25-28-31-33-34-35-36-37-38-39-40-41-42-44-47-48-51-54-57-60-63-66-69-81(86)93-72-78(84)73-95-100(89,90)96-74-79(85)75-97-101(91,92)98-77-80(99-83(88)71-68-65-62-59-56-53-50-45-30-27-24-21-18-15-12-9-6-3)76-94-82(87)70-67-64-61-58-55-52-49-46-43-32-29-26-23-20-17-14-11-8-5-2/h7-12,16-21,25-30,33-34,36-37,39-40,43,46,50,52-53,55,61,64,78-80,84-85H,4-6,13-15,22-24,31-32,35,38,41-42,44-45,47-49,51,54,56-60,62-63,65-77H2,1-3H3,(H,89,90)(H,91,92)/b10-7-,11-8-,12-9-,19-16-,20-17-,21-18-,28-25-,29-26-,30-27-,34-33-,37-36-,40-39-,46-43-,53-50-,55-52-,64-61-. The number of unbranched alkanes of at least 4 members (excludes halogenated alkanes) is 14. The molecule has 0 fully saturated rings. The van der Waals surface area contributed by atoms with Gasteiger partial charge in [-0.15, -0.1) is 0 Å². The average Bonchev–Trinajstić information content (AvgIpc) is 1.06. The van der Waals surface area contributed by atoms with Crippen molar-refractivity contribution in [1.29, 1.82) is 0 Å². The molecule has 0 aliphatic carbocycles. The number of rotatable bonds is 69. The molecule has 0 aliphatic heterocycles. The molecule has 0 radical (unpaired) electrons. The van der Waals surface area contributed by atoms with Gasteiger partial charge in [0.2, 0.25) is 0 Å². The molecular formula is C83H132O16P2. The minimum atomic E-state index is -4.96. The third-order valence-corrected chi connectivity index (χ3v) is 16.7. The van der Waals surface area contributed by atoms with Gasteiger partial charge in [0.05, 0.1) is 26.4 Å². The monoisotopic (exact) mass is 1450 g/mol. The van der Waals surface area contributed by atoms with Gasteiger partial charge in [0.1, 0.15) is 25.4 Å². The minimum absolute atomic E-state index is 0.0318. The van der Waals surface area contributed by atoms with E-state index in [9.17, 15) is 43.5 Å². The van der Waals surface area contributed by atoms with Gasteiger partial charge in [0.25, 0.3) is 0 Å². The van der Waals surface area contributed by atoms with Crippen LogP contribution in [-0.4, -0.2) is 95.9 Å². The molecule has 0 saturated heterocycles. The number of aliphatic hydroxyl groups excluding tert-OH is 2. The first-order chi connectivity index (χ1) is 49.2. The number of carbonyl (C=O) groups excluding carboxylic acids is 3. The fraction of sp³-hybridized carbons (Fsp3) is 0.578. The van der Waals surface area contributed by atoms with Gasteiger partial charge in [-0.2, -0.15) is 0 Å². The Morgan fingerprint density at radius 1 is 0.277 bits per heavy atom. The van der Waals surface area contributed by atoms with Crippen LogP contribution >= 0.6 is 15.6 Å². The van der Waals surface area contributed by atoms with Crippen LogP contribution in [0.2, 0.25) is 0 Å². The molecule has 0 spiro atoms. The lowest BCUT2D eigenvalue weighted by Gasteiger charge is -2.21. The van der Waals surface area contributed by atoms with Crippen LogP contribution < -0.4 is 0 Å². The number of esters is 3. The molecular weight excluding hydrogens is 1310 g/mol. The molecule has 101 heavy (non-hydrogen) atoms. The van der Waals surface area contributed by atoms with E-state index in [2.05, 4.69) is 197 Å². The summed E-state index contributed by atoms with van der Waals surface area (Å²) in [7, 11) is -9.83. The van der Waals surface area contributed by atoms with Crippen molar-refractivity contribution in [2.75, 3.05) is 39.6 Å². The van der Waals surface area contributed by atoms with Crippen LogP contribution in [0.3, 0.4) is 0 Å². The summed E-state index contributed by atoms with van der Waals surface area (Å²) < 4.78 is 60.9. The van der Waals surface area contributed by atoms with E-state index < -0.39 is 91.5 Å². The summed E-state index contributed by atoms with van der Waals surface area (Å²) in [6, 6.07) is 0. The lowest BCUT2D eigenvalue weighted by atomic mass is 10.1. The molecule has 5 atom stereocenters. The second-order valence-corrected chi connectivity index (χ2v) is 27.2. The van der Waals surface area contributed by atoms with Crippen molar-refractivity contribution in [3.05, 3.63) is 194 Å². The normalized spacial score (nSPS) is 15.1. The summed E-state index contributed by atoms with van der Waals surface area (Å²) in [6.45, 7) is 2.18. The highest BCUT2D eigenvalue weighted by molar-refractivity contribution is 7.47. The van der Waals surface area contributed by atoms with Crippen LogP contribution in [0.5, 0.6) is 0 Å². The molecule has 0 aliphatic rings. The fourth-order valence-electron chi connectivity index (χ4n) is 9.18. The molecule has 4 N–H and O–H groups in total. The Bertz CT molecular complexity index is 2620. The van der Waals surface area contributed by atoms with Crippen molar-refractivity contribution >= 4 is 33.6 Å². The second kappa shape index (κ2) is 74.1. The molecule has 0 bridgehead atoms. The number of carbonyl (C=O) groups is 3. The summed E-state index contributed by atoms with van der Waals surface area (Å²) in [5, 5.41) is 20.6. The number of hydrogen-bond donors (Lipinski definition) is 4. The van der Waals surface area contributed by atoms with Gasteiger partial charge in [-0.05, 0) is 148 Å². The Morgan fingerprint density at radius 3 is 0.842 bits per heavy atom. The Morgan fingerprint density at radius 2 is 0.515 bits per heavy atom. The number of ether oxygens (including phenoxy) is 3. The lowest BCUT2D eigenvalue weighted by molar-refractivity contribution is -0.161. The molecule has 0 amide bonds. The van der Waals surface area contributed by atoms with E-state index >= 15 is 0 Å². The van der Waals surface area contributed by atoms with Gasteiger partial charge < -0.3 is 34.2 Å². The highest BCUT2D eigenvalue weighted by Gasteiger charge is 2.29. The topological polar surface area (TPSA) is 231 Å². The van der Waals surface area contributed by atoms with E-state index in [0.717, 1.165) is 154 Å². The quantitative estimate of drug-likeness (QED) is 0.0146. The molecule has 0 saturated carbocycles. The predicted molar refractivity (Wildman–Crippen MR) is 417 cm³/mol. The zero-order valence-corrected chi connectivity index (χ0v) is 63.8. The van der Waals surface area contributed by atoms with Gasteiger partial charge in [-0.25, -0.2) is 9.13 Å². The maximum absolute atomic E-state index is 12.9. The van der Waals surface area contributed by atoms with E-state index in [1.165, 1.54) is 32.1 Å². The number of hydrogen-bond acceptors (Lipinski definition) is 14. The first kappa shape index (κ1) is 95.4. The van der Waals surface area contributed by atoms with Crippen LogP contribution in [0.4, 0.5) is 0 Å². The van der Waals surface area contributed by atoms with Gasteiger partial charge in [-0.3, -0.25) is 32.5 Å². The third kappa shape index (κ3) is 75.4. The summed E-state index contributed by atoms with van der Waals surface area (Å²) in [5.41, 5.74) is 0. The highest BCUT2D eigenvalue weighted by atomic mass is 31.2. The Kier molecular flexibility index (Phi) is 70.0. The Balaban J connectivity index is 4.66. The van der Waals surface area contributed by atoms with Crippen LogP contribution in [-0.2, 0) is 55.8 Å². The largest absolute Gasteiger partial charge is 0.472 e. The maximum Gasteiger partial charge on any atom is 0.472 e.